The molecular formula is C11H16N6O2. The van der Waals surface area contributed by atoms with Crippen molar-refractivity contribution in [3.05, 3.63) is 6.33 Å². The minimum Gasteiger partial charge on any atom is -0.394 e. The molecule has 1 saturated heterocycles. The molecule has 0 saturated carbocycles. The fourth-order valence-electron chi connectivity index (χ4n) is 2.38. The van der Waals surface area contributed by atoms with Crippen molar-refractivity contribution in [2.45, 2.75) is 25.0 Å². The fraction of sp³-hybridized carbons (Fsp3) is 0.545. The first-order chi connectivity index (χ1) is 9.19. The Balaban J connectivity index is 1.93. The summed E-state index contributed by atoms with van der Waals surface area (Å²) in [6.07, 6.45) is 3.30. The Bertz CT molecular complexity index is 590. The van der Waals surface area contributed by atoms with E-state index >= 15 is 0 Å². The van der Waals surface area contributed by atoms with Crippen molar-refractivity contribution >= 4 is 22.9 Å². The first-order valence-electron chi connectivity index (χ1n) is 6.17. The lowest BCUT2D eigenvalue weighted by atomic mass is 10.1. The molecule has 5 N–H and O–H groups in total. The molecule has 3 rings (SSSR count). The zero-order valence-electron chi connectivity index (χ0n) is 10.4. The Morgan fingerprint density at radius 1 is 1.37 bits per heavy atom. The summed E-state index contributed by atoms with van der Waals surface area (Å²) in [5.41, 5.74) is 12.6. The quantitative estimate of drug-likeness (QED) is 0.680. The third-order valence-corrected chi connectivity index (χ3v) is 3.41. The topological polar surface area (TPSA) is 125 Å². The van der Waals surface area contributed by atoms with Crippen LogP contribution >= 0.6 is 0 Å². The molecule has 0 aliphatic carbocycles. The maximum absolute atomic E-state index is 9.05. The fourth-order valence-corrected chi connectivity index (χ4v) is 2.38. The third-order valence-electron chi connectivity index (χ3n) is 3.41. The van der Waals surface area contributed by atoms with E-state index in [4.69, 9.17) is 21.3 Å². The molecule has 1 aliphatic rings. The summed E-state index contributed by atoms with van der Waals surface area (Å²) in [4.78, 5) is 12.3. The SMILES string of the molecule is Nc1nc(N)c2ncn([C@H]3CC[C@@H](CO)OC3)c2n1. The maximum Gasteiger partial charge on any atom is 0.224 e. The van der Waals surface area contributed by atoms with Crippen LogP contribution in [0.25, 0.3) is 11.2 Å². The Kier molecular flexibility index (Phi) is 2.96. The highest BCUT2D eigenvalue weighted by atomic mass is 16.5. The Morgan fingerprint density at radius 2 is 2.21 bits per heavy atom. The van der Waals surface area contributed by atoms with Crippen molar-refractivity contribution in [2.75, 3.05) is 24.7 Å². The van der Waals surface area contributed by atoms with Crippen LogP contribution in [0, 0.1) is 0 Å². The van der Waals surface area contributed by atoms with Gasteiger partial charge in [0.05, 0.1) is 31.7 Å². The number of hydrogen-bond acceptors (Lipinski definition) is 7. The molecule has 1 fully saturated rings. The molecule has 102 valence electrons. The molecule has 1 aliphatic heterocycles. The maximum atomic E-state index is 9.05. The number of aliphatic hydroxyl groups is 1. The molecule has 8 heteroatoms. The molecule has 0 radical (unpaired) electrons. The van der Waals surface area contributed by atoms with E-state index in [9.17, 15) is 0 Å². The number of anilines is 2. The molecule has 2 atom stereocenters. The van der Waals surface area contributed by atoms with Crippen molar-refractivity contribution < 1.29 is 9.84 Å². The van der Waals surface area contributed by atoms with E-state index in [1.54, 1.807) is 6.33 Å². The molecule has 0 amide bonds. The van der Waals surface area contributed by atoms with Gasteiger partial charge in [-0.1, -0.05) is 0 Å². The molecular weight excluding hydrogens is 248 g/mol. The van der Waals surface area contributed by atoms with E-state index in [0.29, 0.717) is 17.8 Å². The van der Waals surface area contributed by atoms with E-state index in [-0.39, 0.29) is 30.5 Å². The molecule has 8 nitrogen and oxygen atoms in total. The predicted molar refractivity (Wildman–Crippen MR) is 69.2 cm³/mol. The van der Waals surface area contributed by atoms with Crippen molar-refractivity contribution in [2.24, 2.45) is 0 Å². The standard InChI is InChI=1S/C11H16N6O2/c12-9-8-10(16-11(13)15-9)17(5-14-8)6-1-2-7(3-18)19-4-6/h5-7,18H,1-4H2,(H4,12,13,15,16)/t6-,7-/m0/s1. The van der Waals surface area contributed by atoms with Gasteiger partial charge < -0.3 is 25.9 Å². The van der Waals surface area contributed by atoms with Gasteiger partial charge >= 0.3 is 0 Å². The number of imidazole rings is 1. The number of fused-ring (bicyclic) bond motifs is 1. The second-order valence-corrected chi connectivity index (χ2v) is 4.66. The first kappa shape index (κ1) is 12.1. The van der Waals surface area contributed by atoms with Crippen LogP contribution in [0.4, 0.5) is 11.8 Å². The van der Waals surface area contributed by atoms with E-state index in [1.807, 2.05) is 4.57 Å². The van der Waals surface area contributed by atoms with Crippen molar-refractivity contribution in [1.82, 2.24) is 19.5 Å². The monoisotopic (exact) mass is 264 g/mol. The van der Waals surface area contributed by atoms with Crippen molar-refractivity contribution in [1.29, 1.82) is 0 Å². The van der Waals surface area contributed by atoms with Crippen LogP contribution in [-0.4, -0.2) is 43.9 Å². The van der Waals surface area contributed by atoms with Crippen LogP contribution in [0.1, 0.15) is 18.9 Å². The van der Waals surface area contributed by atoms with Gasteiger partial charge in [-0.15, -0.1) is 0 Å². The summed E-state index contributed by atoms with van der Waals surface area (Å²) in [6, 6.07) is 0.126. The molecule has 0 unspecified atom stereocenters. The lowest BCUT2D eigenvalue weighted by Crippen LogP contribution is -2.30. The minimum absolute atomic E-state index is 0.0550. The summed E-state index contributed by atoms with van der Waals surface area (Å²) in [5, 5.41) is 9.05. The molecule has 0 aromatic carbocycles. The van der Waals surface area contributed by atoms with Gasteiger partial charge in [-0.2, -0.15) is 9.97 Å². The molecule has 2 aromatic rings. The van der Waals surface area contributed by atoms with Gasteiger partial charge in [-0.3, -0.25) is 0 Å². The third kappa shape index (κ3) is 2.08. The van der Waals surface area contributed by atoms with E-state index in [2.05, 4.69) is 15.0 Å². The summed E-state index contributed by atoms with van der Waals surface area (Å²) in [6.45, 7) is 0.569. The van der Waals surface area contributed by atoms with Crippen LogP contribution in [0.3, 0.4) is 0 Å². The van der Waals surface area contributed by atoms with Gasteiger partial charge in [-0.05, 0) is 12.8 Å². The molecule has 3 heterocycles. The summed E-state index contributed by atoms with van der Waals surface area (Å²) < 4.78 is 7.48. The van der Waals surface area contributed by atoms with Crippen LogP contribution in [0.2, 0.25) is 0 Å². The summed E-state index contributed by atoms with van der Waals surface area (Å²) in [7, 11) is 0. The second kappa shape index (κ2) is 4.63. The Labute approximate surface area is 109 Å². The summed E-state index contributed by atoms with van der Waals surface area (Å²) >= 11 is 0. The molecule has 0 bridgehead atoms. The van der Waals surface area contributed by atoms with Crippen LogP contribution in [-0.2, 0) is 4.74 Å². The number of aliphatic hydroxyl groups excluding tert-OH is 1. The zero-order chi connectivity index (χ0) is 13.4. The van der Waals surface area contributed by atoms with Crippen molar-refractivity contribution in [3.63, 3.8) is 0 Å². The van der Waals surface area contributed by atoms with Gasteiger partial charge in [0, 0.05) is 0 Å². The number of nitrogens with zero attached hydrogens (tertiary/aromatic N) is 4. The minimum atomic E-state index is -0.0733. The van der Waals surface area contributed by atoms with Gasteiger partial charge in [0.2, 0.25) is 5.95 Å². The second-order valence-electron chi connectivity index (χ2n) is 4.66. The van der Waals surface area contributed by atoms with Gasteiger partial charge in [0.15, 0.2) is 11.5 Å². The van der Waals surface area contributed by atoms with E-state index in [0.717, 1.165) is 12.8 Å². The lowest BCUT2D eigenvalue weighted by Gasteiger charge is -2.28. The Hall–Kier alpha value is -1.93. The number of nitrogens with two attached hydrogens (primary N) is 2. The van der Waals surface area contributed by atoms with E-state index < -0.39 is 0 Å². The average molecular weight is 264 g/mol. The Morgan fingerprint density at radius 3 is 2.89 bits per heavy atom. The van der Waals surface area contributed by atoms with Crippen molar-refractivity contribution in [3.8, 4) is 0 Å². The van der Waals surface area contributed by atoms with Gasteiger partial charge in [0.25, 0.3) is 0 Å². The predicted octanol–water partition coefficient (Wildman–Crippen LogP) is -0.297. The first-order valence-corrected chi connectivity index (χ1v) is 6.17. The average Bonchev–Trinajstić information content (AvgIpc) is 2.83. The lowest BCUT2D eigenvalue weighted by molar-refractivity contribution is -0.0383. The van der Waals surface area contributed by atoms with Crippen LogP contribution in [0.15, 0.2) is 6.33 Å². The molecule has 2 aromatic heterocycles. The molecule has 19 heavy (non-hydrogen) atoms. The van der Waals surface area contributed by atoms with Crippen LogP contribution in [0.5, 0.6) is 0 Å². The van der Waals surface area contributed by atoms with Crippen LogP contribution < -0.4 is 11.5 Å². The highest BCUT2D eigenvalue weighted by Crippen LogP contribution is 2.27. The highest BCUT2D eigenvalue weighted by Gasteiger charge is 2.24. The number of rotatable bonds is 2. The largest absolute Gasteiger partial charge is 0.394 e. The number of ether oxygens (including phenoxy) is 1. The smallest absolute Gasteiger partial charge is 0.224 e. The van der Waals surface area contributed by atoms with Gasteiger partial charge in [-0.25, -0.2) is 4.98 Å². The molecule has 0 spiro atoms. The summed E-state index contributed by atoms with van der Waals surface area (Å²) in [5.74, 6) is 0.419. The number of hydrogen-bond donors (Lipinski definition) is 3. The highest BCUT2D eigenvalue weighted by molar-refractivity contribution is 5.82. The zero-order valence-corrected chi connectivity index (χ0v) is 10.4. The van der Waals surface area contributed by atoms with E-state index in [1.165, 1.54) is 0 Å². The number of aromatic nitrogens is 4. The normalized spacial score (nSPS) is 23.8. The van der Waals surface area contributed by atoms with Gasteiger partial charge in [0.1, 0.15) is 5.52 Å². The number of nitrogen functional groups attached to an aromatic ring is 2.